The molecule has 1 saturated carbocycles. The van der Waals surface area contributed by atoms with Crippen molar-refractivity contribution in [1.29, 1.82) is 0 Å². The quantitative estimate of drug-likeness (QED) is 0.180. The number of ether oxygens (including phenoxy) is 1. The number of allylic oxidation sites excluding steroid dienone is 4. The van der Waals surface area contributed by atoms with E-state index in [0.29, 0.717) is 18.3 Å². The minimum atomic E-state index is -2.39. The largest absolute Gasteiger partial charge is 0.465 e. The van der Waals surface area contributed by atoms with Crippen LogP contribution in [-0.4, -0.2) is 41.1 Å². The van der Waals surface area contributed by atoms with Crippen LogP contribution in [0.5, 0.6) is 0 Å². The Labute approximate surface area is 175 Å². The molecule has 28 heavy (non-hydrogen) atoms. The molecule has 0 bridgehead atoms. The Hall–Kier alpha value is -0.780. The van der Waals surface area contributed by atoms with Crippen molar-refractivity contribution in [3.05, 3.63) is 24.3 Å². The van der Waals surface area contributed by atoms with Gasteiger partial charge in [-0.2, -0.15) is 11.8 Å². The predicted octanol–water partition coefficient (Wildman–Crippen LogP) is 5.10. The van der Waals surface area contributed by atoms with Gasteiger partial charge in [0.25, 0.3) is 5.79 Å². The maximum absolute atomic E-state index is 11.3. The number of unbranched alkanes of at least 4 members (excludes halogenated alkanes) is 4. The van der Waals surface area contributed by atoms with Gasteiger partial charge < -0.3 is 14.9 Å². The highest BCUT2D eigenvalue weighted by atomic mass is 32.2. The Morgan fingerprint density at radius 2 is 1.86 bits per heavy atom. The van der Waals surface area contributed by atoms with Crippen LogP contribution in [0.3, 0.4) is 0 Å². The molecular formula is C23H40O4S. The lowest BCUT2D eigenvalue weighted by molar-refractivity contribution is -0.208. The predicted molar refractivity (Wildman–Crippen MR) is 118 cm³/mol. The molecule has 3 atom stereocenters. The van der Waals surface area contributed by atoms with Crippen LogP contribution in [0.4, 0.5) is 0 Å². The number of esters is 1. The second-order valence-electron chi connectivity index (χ2n) is 7.96. The van der Waals surface area contributed by atoms with Gasteiger partial charge in [-0.1, -0.05) is 50.5 Å². The number of carbonyl (C=O) groups is 1. The molecule has 162 valence electrons. The number of rotatable bonds is 14. The van der Waals surface area contributed by atoms with E-state index in [1.54, 1.807) is 0 Å². The van der Waals surface area contributed by atoms with Gasteiger partial charge in [0.15, 0.2) is 0 Å². The molecule has 5 heteroatoms. The normalized spacial score (nSPS) is 23.1. The Morgan fingerprint density at radius 3 is 2.54 bits per heavy atom. The SMILES string of the molecule is CCCCCC/C=C/[C@@H]1[C@@H](C/C=C\CCC(O)(O)C(=O)OC)CC[C@H]1CSC. The van der Waals surface area contributed by atoms with Crippen molar-refractivity contribution in [2.24, 2.45) is 17.8 Å². The highest BCUT2D eigenvalue weighted by Gasteiger charge is 2.34. The number of aliphatic hydroxyl groups is 2. The molecule has 2 N–H and O–H groups in total. The van der Waals surface area contributed by atoms with Crippen LogP contribution in [0.25, 0.3) is 0 Å². The molecule has 0 saturated heterocycles. The van der Waals surface area contributed by atoms with Gasteiger partial charge in [-0.25, -0.2) is 4.79 Å². The first-order valence-corrected chi connectivity index (χ1v) is 12.2. The fraction of sp³-hybridized carbons (Fsp3) is 0.783. The number of carbonyl (C=O) groups excluding carboxylic acids is 1. The van der Waals surface area contributed by atoms with E-state index < -0.39 is 11.8 Å². The van der Waals surface area contributed by atoms with E-state index >= 15 is 0 Å². The summed E-state index contributed by atoms with van der Waals surface area (Å²) >= 11 is 1.94. The van der Waals surface area contributed by atoms with Gasteiger partial charge in [0.05, 0.1) is 7.11 Å². The summed E-state index contributed by atoms with van der Waals surface area (Å²) in [5.74, 6) is -0.0920. The first-order chi connectivity index (χ1) is 13.5. The maximum Gasteiger partial charge on any atom is 0.366 e. The lowest BCUT2D eigenvalue weighted by atomic mass is 9.87. The van der Waals surface area contributed by atoms with Crippen LogP contribution < -0.4 is 0 Å². The van der Waals surface area contributed by atoms with Gasteiger partial charge in [0.1, 0.15) is 0 Å². The van der Waals surface area contributed by atoms with Gasteiger partial charge in [-0.05, 0) is 68.3 Å². The lowest BCUT2D eigenvalue weighted by Crippen LogP contribution is -2.39. The van der Waals surface area contributed by atoms with Gasteiger partial charge in [-0.3, -0.25) is 0 Å². The first-order valence-electron chi connectivity index (χ1n) is 10.8. The number of thioether (sulfide) groups is 1. The standard InChI is InChI=1S/C23H40O4S/c1-4-5-6-7-8-11-14-21-19(15-16-20(21)18-28-3)13-10-9-12-17-23(25,26)22(24)27-2/h9-11,14,19-21,25-26H,4-8,12-13,15-18H2,1-3H3/b10-9-,14-11+/t19-,20-,21+/m0/s1. The second kappa shape index (κ2) is 14.2. The number of hydrogen-bond donors (Lipinski definition) is 2. The number of hydrogen-bond acceptors (Lipinski definition) is 5. The topological polar surface area (TPSA) is 66.8 Å². The van der Waals surface area contributed by atoms with Crippen LogP contribution in [0.2, 0.25) is 0 Å². The van der Waals surface area contributed by atoms with Crippen molar-refractivity contribution >= 4 is 17.7 Å². The molecule has 0 aromatic heterocycles. The van der Waals surface area contributed by atoms with E-state index in [1.807, 2.05) is 17.8 Å². The highest BCUT2D eigenvalue weighted by molar-refractivity contribution is 7.98. The van der Waals surface area contributed by atoms with E-state index in [9.17, 15) is 15.0 Å². The lowest BCUT2D eigenvalue weighted by Gasteiger charge is -2.21. The molecule has 1 rings (SSSR count). The summed E-state index contributed by atoms with van der Waals surface area (Å²) in [5, 5.41) is 19.3. The molecule has 0 amide bonds. The fourth-order valence-electron chi connectivity index (χ4n) is 4.08. The summed E-state index contributed by atoms with van der Waals surface area (Å²) in [4.78, 5) is 11.3. The van der Waals surface area contributed by atoms with Crippen molar-refractivity contribution in [2.45, 2.75) is 76.9 Å². The van der Waals surface area contributed by atoms with Crippen LogP contribution in [0.15, 0.2) is 24.3 Å². The fourth-order valence-corrected chi connectivity index (χ4v) is 4.89. The van der Waals surface area contributed by atoms with Crippen LogP contribution in [0.1, 0.15) is 71.1 Å². The molecule has 1 fully saturated rings. The molecule has 0 unspecified atom stereocenters. The monoisotopic (exact) mass is 412 g/mol. The molecule has 0 aromatic rings. The summed E-state index contributed by atoms with van der Waals surface area (Å²) in [6.45, 7) is 2.25. The smallest absolute Gasteiger partial charge is 0.366 e. The summed E-state index contributed by atoms with van der Waals surface area (Å²) in [6, 6.07) is 0. The Kier molecular flexibility index (Phi) is 12.8. The van der Waals surface area contributed by atoms with E-state index in [1.165, 1.54) is 50.7 Å². The van der Waals surface area contributed by atoms with E-state index in [2.05, 4.69) is 36.1 Å². The van der Waals surface area contributed by atoms with Gasteiger partial charge in [-0.15, -0.1) is 0 Å². The zero-order valence-corrected chi connectivity index (χ0v) is 18.8. The van der Waals surface area contributed by atoms with Crippen molar-refractivity contribution in [1.82, 2.24) is 0 Å². The van der Waals surface area contributed by atoms with Crippen molar-refractivity contribution < 1.29 is 19.7 Å². The van der Waals surface area contributed by atoms with Gasteiger partial charge in [0, 0.05) is 6.42 Å². The van der Waals surface area contributed by atoms with E-state index in [0.717, 1.165) is 19.4 Å². The minimum absolute atomic E-state index is 0.0446. The van der Waals surface area contributed by atoms with Crippen LogP contribution in [-0.2, 0) is 9.53 Å². The van der Waals surface area contributed by atoms with Crippen molar-refractivity contribution in [3.63, 3.8) is 0 Å². The van der Waals surface area contributed by atoms with E-state index in [-0.39, 0.29) is 6.42 Å². The summed E-state index contributed by atoms with van der Waals surface area (Å²) in [7, 11) is 1.15. The zero-order chi connectivity index (χ0) is 20.8. The Bertz CT molecular complexity index is 487. The van der Waals surface area contributed by atoms with Crippen LogP contribution >= 0.6 is 11.8 Å². The molecule has 0 aromatic carbocycles. The molecule has 1 aliphatic rings. The third-order valence-electron chi connectivity index (χ3n) is 5.74. The maximum atomic E-state index is 11.3. The van der Waals surface area contributed by atoms with E-state index in [4.69, 9.17) is 0 Å². The third kappa shape index (κ3) is 9.15. The summed E-state index contributed by atoms with van der Waals surface area (Å²) in [5.41, 5.74) is 0. The molecular weight excluding hydrogens is 372 g/mol. The third-order valence-corrected chi connectivity index (χ3v) is 6.50. The minimum Gasteiger partial charge on any atom is -0.465 e. The van der Waals surface area contributed by atoms with Gasteiger partial charge >= 0.3 is 5.97 Å². The average Bonchev–Trinajstić information content (AvgIpc) is 3.05. The second-order valence-corrected chi connectivity index (χ2v) is 8.87. The molecule has 0 aliphatic heterocycles. The first kappa shape index (κ1) is 25.3. The molecule has 1 aliphatic carbocycles. The summed E-state index contributed by atoms with van der Waals surface area (Å²) in [6.07, 6.45) is 21.5. The Balaban J connectivity index is 2.47. The van der Waals surface area contributed by atoms with Crippen molar-refractivity contribution in [2.75, 3.05) is 19.1 Å². The molecule has 0 heterocycles. The highest BCUT2D eigenvalue weighted by Crippen LogP contribution is 2.41. The summed E-state index contributed by atoms with van der Waals surface area (Å²) < 4.78 is 4.40. The van der Waals surface area contributed by atoms with Crippen molar-refractivity contribution in [3.8, 4) is 0 Å². The van der Waals surface area contributed by atoms with Crippen LogP contribution in [0, 0.1) is 17.8 Å². The zero-order valence-electron chi connectivity index (χ0n) is 17.9. The van der Waals surface area contributed by atoms with Gasteiger partial charge in [0.2, 0.25) is 0 Å². The molecule has 0 spiro atoms. The molecule has 4 nitrogen and oxygen atoms in total. The number of methoxy groups -OCH3 is 1. The Morgan fingerprint density at radius 1 is 1.11 bits per heavy atom. The average molecular weight is 413 g/mol. The molecule has 0 radical (unpaired) electrons.